The zero-order valence-corrected chi connectivity index (χ0v) is 14.9. The largest absolute Gasteiger partial charge is 0.322 e. The van der Waals surface area contributed by atoms with E-state index in [0.717, 1.165) is 13.0 Å². The first-order valence-corrected chi connectivity index (χ1v) is 7.96. The summed E-state index contributed by atoms with van der Waals surface area (Å²) in [5, 5.41) is 21.3. The molecule has 0 spiro atoms. The first-order valence-electron chi connectivity index (χ1n) is 7.20. The van der Waals surface area contributed by atoms with Crippen LogP contribution in [0.3, 0.4) is 0 Å². The Morgan fingerprint density at radius 1 is 1.19 bits per heavy atom. The second-order valence-electron chi connectivity index (χ2n) is 5.09. The molecule has 0 heterocycles. The maximum Gasteiger partial charge on any atom is 0.298 e. The molecule has 0 saturated carbocycles. The molecule has 26 heavy (non-hydrogen) atoms. The van der Waals surface area contributed by atoms with Crippen molar-refractivity contribution in [3.63, 3.8) is 0 Å². The van der Waals surface area contributed by atoms with Crippen LogP contribution in [0, 0.1) is 10.1 Å². The number of halogens is 2. The zero-order chi connectivity index (χ0) is 19.3. The molecule has 0 bridgehead atoms. The number of carbonyl (C=O) groups is 2. The Kier molecular flexibility index (Phi) is 6.37. The molecule has 2 rings (SSSR count). The molecule has 134 valence electrons. The second-order valence-corrected chi connectivity index (χ2v) is 5.93. The SMILES string of the molecule is CC(=O)[C@H](N=Nc1ccc(Cl)cc1[N+](=O)[O-])C(=O)Nc1ccccc1Cl. The number of hydrogen-bond acceptors (Lipinski definition) is 6. The molecular weight excluding hydrogens is 383 g/mol. The number of anilines is 1. The van der Waals surface area contributed by atoms with Gasteiger partial charge in [0.1, 0.15) is 0 Å². The average molecular weight is 395 g/mol. The molecule has 1 N–H and O–H groups in total. The highest BCUT2D eigenvalue weighted by atomic mass is 35.5. The van der Waals surface area contributed by atoms with Crippen LogP contribution in [0.5, 0.6) is 0 Å². The van der Waals surface area contributed by atoms with Gasteiger partial charge in [0.05, 0.1) is 15.6 Å². The first kappa shape index (κ1) is 19.5. The molecule has 2 aromatic rings. The molecule has 1 atom stereocenters. The lowest BCUT2D eigenvalue weighted by Crippen LogP contribution is -2.31. The molecule has 0 aliphatic rings. The number of para-hydroxylation sites is 1. The number of carbonyl (C=O) groups excluding carboxylic acids is 2. The van der Waals surface area contributed by atoms with Gasteiger partial charge in [-0.25, -0.2) is 0 Å². The maximum atomic E-state index is 12.3. The fourth-order valence-electron chi connectivity index (χ4n) is 1.93. The van der Waals surface area contributed by atoms with Gasteiger partial charge >= 0.3 is 0 Å². The quantitative estimate of drug-likeness (QED) is 0.334. The highest BCUT2D eigenvalue weighted by molar-refractivity contribution is 6.34. The minimum atomic E-state index is -1.48. The molecule has 0 saturated heterocycles. The summed E-state index contributed by atoms with van der Waals surface area (Å²) < 4.78 is 0. The van der Waals surface area contributed by atoms with Crippen molar-refractivity contribution in [1.82, 2.24) is 0 Å². The summed E-state index contributed by atoms with van der Waals surface area (Å²) in [5.74, 6) is -1.35. The summed E-state index contributed by atoms with van der Waals surface area (Å²) in [6.45, 7) is 1.16. The summed E-state index contributed by atoms with van der Waals surface area (Å²) in [5.41, 5.74) is -0.218. The lowest BCUT2D eigenvalue weighted by Gasteiger charge is -2.10. The molecule has 1 amide bonds. The summed E-state index contributed by atoms with van der Waals surface area (Å²) in [7, 11) is 0. The van der Waals surface area contributed by atoms with Gasteiger partial charge in [-0.2, -0.15) is 5.11 Å². The van der Waals surface area contributed by atoms with Crippen LogP contribution in [-0.4, -0.2) is 22.7 Å². The van der Waals surface area contributed by atoms with Crippen LogP contribution in [-0.2, 0) is 9.59 Å². The Labute approximate surface area is 158 Å². The van der Waals surface area contributed by atoms with Gasteiger partial charge in [0.25, 0.3) is 11.6 Å². The molecule has 8 nitrogen and oxygen atoms in total. The van der Waals surface area contributed by atoms with Crippen molar-refractivity contribution in [3.05, 3.63) is 62.6 Å². The lowest BCUT2D eigenvalue weighted by atomic mass is 10.2. The van der Waals surface area contributed by atoms with Gasteiger partial charge in [-0.1, -0.05) is 35.3 Å². The van der Waals surface area contributed by atoms with E-state index in [0.29, 0.717) is 5.69 Å². The van der Waals surface area contributed by atoms with Crippen LogP contribution in [0.2, 0.25) is 10.0 Å². The Balaban J connectivity index is 2.27. The van der Waals surface area contributed by atoms with Crippen molar-refractivity contribution in [3.8, 4) is 0 Å². The van der Waals surface area contributed by atoms with E-state index in [-0.39, 0.29) is 15.7 Å². The van der Waals surface area contributed by atoms with Crippen molar-refractivity contribution >= 4 is 52.0 Å². The van der Waals surface area contributed by atoms with Gasteiger partial charge in [0.2, 0.25) is 6.04 Å². The molecule has 2 aromatic carbocycles. The predicted octanol–water partition coefficient (Wildman–Crippen LogP) is 4.58. The van der Waals surface area contributed by atoms with Gasteiger partial charge in [0, 0.05) is 11.1 Å². The van der Waals surface area contributed by atoms with Crippen LogP contribution in [0.1, 0.15) is 6.92 Å². The lowest BCUT2D eigenvalue weighted by molar-refractivity contribution is -0.384. The van der Waals surface area contributed by atoms with Crippen molar-refractivity contribution in [1.29, 1.82) is 0 Å². The van der Waals surface area contributed by atoms with E-state index in [1.165, 1.54) is 12.1 Å². The summed E-state index contributed by atoms with van der Waals surface area (Å²) in [6, 6.07) is 8.73. The molecular formula is C16H12Cl2N4O4. The number of ketones is 1. The predicted molar refractivity (Wildman–Crippen MR) is 97.2 cm³/mol. The summed E-state index contributed by atoms with van der Waals surface area (Å²) >= 11 is 11.7. The molecule has 0 aliphatic carbocycles. The number of hydrogen-bond donors (Lipinski definition) is 1. The van der Waals surface area contributed by atoms with E-state index < -0.39 is 28.3 Å². The van der Waals surface area contributed by atoms with E-state index in [1.54, 1.807) is 24.3 Å². The molecule has 0 aliphatic heterocycles. The van der Waals surface area contributed by atoms with Crippen LogP contribution >= 0.6 is 23.2 Å². The molecule has 10 heteroatoms. The third kappa shape index (κ3) is 4.84. The van der Waals surface area contributed by atoms with Gasteiger partial charge < -0.3 is 5.32 Å². The number of benzene rings is 2. The monoisotopic (exact) mass is 394 g/mol. The maximum absolute atomic E-state index is 12.3. The number of nitro benzene ring substituents is 1. The number of nitro groups is 1. The number of nitrogens with zero attached hydrogens (tertiary/aromatic N) is 3. The molecule has 0 fully saturated rings. The first-order chi connectivity index (χ1) is 12.3. The fraction of sp³-hybridized carbons (Fsp3) is 0.125. The molecule has 0 aromatic heterocycles. The Morgan fingerprint density at radius 3 is 2.50 bits per heavy atom. The van der Waals surface area contributed by atoms with Crippen LogP contribution in [0.15, 0.2) is 52.7 Å². The normalized spacial score (nSPS) is 12.0. The number of nitrogens with one attached hydrogen (secondary N) is 1. The number of amides is 1. The van der Waals surface area contributed by atoms with Gasteiger partial charge in [-0.15, -0.1) is 5.11 Å². The van der Waals surface area contributed by atoms with Crippen LogP contribution in [0.25, 0.3) is 0 Å². The third-order valence-electron chi connectivity index (χ3n) is 3.18. The summed E-state index contributed by atoms with van der Waals surface area (Å²) in [4.78, 5) is 34.4. The fourth-order valence-corrected chi connectivity index (χ4v) is 2.28. The minimum absolute atomic E-state index is 0.129. The van der Waals surface area contributed by atoms with Crippen molar-refractivity contribution < 1.29 is 14.5 Å². The third-order valence-corrected chi connectivity index (χ3v) is 3.74. The van der Waals surface area contributed by atoms with E-state index >= 15 is 0 Å². The Bertz CT molecular complexity index is 902. The van der Waals surface area contributed by atoms with Gasteiger partial charge in [0.15, 0.2) is 11.5 Å². The van der Waals surface area contributed by atoms with E-state index in [4.69, 9.17) is 23.2 Å². The highest BCUT2D eigenvalue weighted by Gasteiger charge is 2.24. The molecule has 0 radical (unpaired) electrons. The van der Waals surface area contributed by atoms with E-state index in [1.807, 2.05) is 0 Å². The van der Waals surface area contributed by atoms with Crippen molar-refractivity contribution in [2.45, 2.75) is 13.0 Å². The Morgan fingerprint density at radius 2 is 1.88 bits per heavy atom. The Hall–Kier alpha value is -2.84. The average Bonchev–Trinajstić information content (AvgIpc) is 2.57. The highest BCUT2D eigenvalue weighted by Crippen LogP contribution is 2.30. The number of azo groups is 1. The van der Waals surface area contributed by atoms with Crippen LogP contribution in [0.4, 0.5) is 17.1 Å². The van der Waals surface area contributed by atoms with Crippen molar-refractivity contribution in [2.24, 2.45) is 10.2 Å². The zero-order valence-electron chi connectivity index (χ0n) is 13.3. The minimum Gasteiger partial charge on any atom is -0.322 e. The number of Topliss-reactive ketones (excluding diaryl/α,β-unsaturated/α-hetero) is 1. The van der Waals surface area contributed by atoms with E-state index in [2.05, 4.69) is 15.5 Å². The smallest absolute Gasteiger partial charge is 0.298 e. The van der Waals surface area contributed by atoms with Crippen LogP contribution < -0.4 is 5.32 Å². The van der Waals surface area contributed by atoms with Gasteiger partial charge in [-0.05, 0) is 31.2 Å². The van der Waals surface area contributed by atoms with E-state index in [9.17, 15) is 19.7 Å². The topological polar surface area (TPSA) is 114 Å². The van der Waals surface area contributed by atoms with Crippen molar-refractivity contribution in [2.75, 3.05) is 5.32 Å². The summed E-state index contributed by atoms with van der Waals surface area (Å²) in [6.07, 6.45) is 0. The second kappa shape index (κ2) is 8.50. The molecule has 0 unspecified atom stereocenters. The number of rotatable bonds is 6. The van der Waals surface area contributed by atoms with Gasteiger partial charge in [-0.3, -0.25) is 19.7 Å². The standard InChI is InChI=1S/C16H12Cl2N4O4/c1-9(23)15(16(24)19-12-5-3-2-4-11(12)18)21-20-13-7-6-10(17)8-14(13)22(25)26/h2-8,15H,1H3,(H,19,24)/t15-/m0/s1.